The minimum Gasteiger partial charge on any atom is -0.375 e. The van der Waals surface area contributed by atoms with Crippen LogP contribution in [0.25, 0.3) is 5.57 Å². The third kappa shape index (κ3) is 4.88. The summed E-state index contributed by atoms with van der Waals surface area (Å²) in [4.78, 5) is 18.3. The molecule has 0 aromatic carbocycles. The standard InChI is InChI=1S/C23H29N5O/c1-15(21-13-27-26-11-16(21)2)8-23(24-4)28(5)22-10-20(22)19(14-29)9-18-7-6-17(3)25-12-18/h6-8,11-14,19-20,22,24H,1,9-10H2,2-5H3/b23-8+. The Balaban J connectivity index is 1.68. The van der Waals surface area contributed by atoms with Crippen molar-refractivity contribution in [1.82, 2.24) is 25.4 Å². The van der Waals surface area contributed by atoms with Crippen LogP contribution >= 0.6 is 0 Å². The van der Waals surface area contributed by atoms with Crippen molar-refractivity contribution >= 4 is 11.9 Å². The molecule has 29 heavy (non-hydrogen) atoms. The van der Waals surface area contributed by atoms with Crippen LogP contribution in [0.3, 0.4) is 0 Å². The summed E-state index contributed by atoms with van der Waals surface area (Å²) in [6, 6.07) is 4.39. The molecule has 2 aromatic heterocycles. The zero-order chi connectivity index (χ0) is 21.0. The molecule has 6 nitrogen and oxygen atoms in total. The van der Waals surface area contributed by atoms with Gasteiger partial charge in [0.1, 0.15) is 12.1 Å². The van der Waals surface area contributed by atoms with Crippen molar-refractivity contribution in [2.24, 2.45) is 11.8 Å². The van der Waals surface area contributed by atoms with Crippen LogP contribution in [-0.4, -0.2) is 46.5 Å². The van der Waals surface area contributed by atoms with Crippen LogP contribution in [0.15, 0.2) is 49.2 Å². The van der Waals surface area contributed by atoms with Gasteiger partial charge in [-0.2, -0.15) is 10.2 Å². The van der Waals surface area contributed by atoms with E-state index in [0.717, 1.165) is 52.9 Å². The lowest BCUT2D eigenvalue weighted by Crippen LogP contribution is -2.30. The molecule has 2 heterocycles. The van der Waals surface area contributed by atoms with Gasteiger partial charge >= 0.3 is 0 Å². The maximum absolute atomic E-state index is 11.8. The molecular formula is C23H29N5O. The first-order valence-electron chi connectivity index (χ1n) is 9.90. The summed E-state index contributed by atoms with van der Waals surface area (Å²) in [5.41, 5.74) is 4.99. The number of carbonyl (C=O) groups is 1. The number of rotatable bonds is 9. The number of aryl methyl sites for hydroxylation is 2. The molecule has 0 bridgehead atoms. The lowest BCUT2D eigenvalue weighted by molar-refractivity contribution is -0.111. The average molecular weight is 392 g/mol. The van der Waals surface area contributed by atoms with Crippen LogP contribution in [-0.2, 0) is 11.2 Å². The van der Waals surface area contributed by atoms with Crippen molar-refractivity contribution in [3.05, 3.63) is 71.6 Å². The van der Waals surface area contributed by atoms with Crippen molar-refractivity contribution < 1.29 is 4.79 Å². The minimum atomic E-state index is -0.0000871. The largest absolute Gasteiger partial charge is 0.375 e. The van der Waals surface area contributed by atoms with E-state index < -0.39 is 0 Å². The van der Waals surface area contributed by atoms with E-state index in [1.807, 2.05) is 39.2 Å². The number of hydrogen-bond donors (Lipinski definition) is 1. The highest BCUT2D eigenvalue weighted by molar-refractivity contribution is 5.73. The number of nitrogens with one attached hydrogen (secondary N) is 1. The van der Waals surface area contributed by atoms with Crippen LogP contribution in [0, 0.1) is 25.7 Å². The Bertz CT molecular complexity index is 906. The Morgan fingerprint density at radius 3 is 2.69 bits per heavy atom. The van der Waals surface area contributed by atoms with Crippen LogP contribution in [0.4, 0.5) is 0 Å². The van der Waals surface area contributed by atoms with E-state index in [1.165, 1.54) is 0 Å². The minimum absolute atomic E-state index is 0.0000871. The Morgan fingerprint density at radius 1 is 1.31 bits per heavy atom. The number of pyridine rings is 1. The van der Waals surface area contributed by atoms with Gasteiger partial charge in [0.2, 0.25) is 0 Å². The Morgan fingerprint density at radius 2 is 2.07 bits per heavy atom. The van der Waals surface area contributed by atoms with Gasteiger partial charge in [-0.25, -0.2) is 0 Å². The summed E-state index contributed by atoms with van der Waals surface area (Å²) < 4.78 is 0. The smallest absolute Gasteiger partial charge is 0.123 e. The molecular weight excluding hydrogens is 362 g/mol. The fourth-order valence-corrected chi connectivity index (χ4v) is 3.79. The molecule has 3 rings (SSSR count). The molecule has 0 saturated heterocycles. The van der Waals surface area contributed by atoms with Gasteiger partial charge in [0.15, 0.2) is 0 Å². The second-order valence-corrected chi connectivity index (χ2v) is 7.78. The molecule has 0 aliphatic heterocycles. The second kappa shape index (κ2) is 8.99. The quantitative estimate of drug-likeness (QED) is 0.523. The van der Waals surface area contributed by atoms with Crippen molar-refractivity contribution in [2.45, 2.75) is 32.7 Å². The average Bonchev–Trinajstić information content (AvgIpc) is 3.52. The number of carbonyl (C=O) groups excluding carboxylic acids is 1. The summed E-state index contributed by atoms with van der Waals surface area (Å²) in [5.74, 6) is 1.31. The number of allylic oxidation sites excluding steroid dienone is 2. The lowest BCUT2D eigenvalue weighted by Gasteiger charge is -2.24. The number of hydrogen-bond acceptors (Lipinski definition) is 6. The molecule has 3 atom stereocenters. The third-order valence-corrected chi connectivity index (χ3v) is 5.69. The van der Waals surface area contributed by atoms with Crippen molar-refractivity contribution in [3.63, 3.8) is 0 Å². The van der Waals surface area contributed by atoms with Crippen molar-refractivity contribution in [1.29, 1.82) is 0 Å². The predicted octanol–water partition coefficient (Wildman–Crippen LogP) is 2.94. The van der Waals surface area contributed by atoms with Crippen molar-refractivity contribution in [3.8, 4) is 0 Å². The number of aromatic nitrogens is 3. The predicted molar refractivity (Wildman–Crippen MR) is 115 cm³/mol. The Kier molecular flexibility index (Phi) is 6.42. The van der Waals surface area contributed by atoms with E-state index in [1.54, 1.807) is 12.4 Å². The van der Waals surface area contributed by atoms with Crippen molar-refractivity contribution in [2.75, 3.05) is 14.1 Å². The van der Waals surface area contributed by atoms with Gasteiger partial charge < -0.3 is 15.0 Å². The molecule has 0 radical (unpaired) electrons. The fraction of sp³-hybridized carbons (Fsp3) is 0.391. The van der Waals surface area contributed by atoms with E-state index in [0.29, 0.717) is 12.0 Å². The summed E-state index contributed by atoms with van der Waals surface area (Å²) in [6.45, 7) is 8.16. The molecule has 152 valence electrons. The van der Waals surface area contributed by atoms with E-state index in [2.05, 4.69) is 45.1 Å². The highest BCUT2D eigenvalue weighted by atomic mass is 16.1. The van der Waals surface area contributed by atoms with Gasteiger partial charge in [-0.05, 0) is 61.4 Å². The van der Waals surface area contributed by atoms with E-state index in [4.69, 9.17) is 0 Å². The molecule has 1 aliphatic rings. The van der Waals surface area contributed by atoms with Gasteiger partial charge in [0.05, 0.1) is 12.4 Å². The molecule has 1 N–H and O–H groups in total. The highest BCUT2D eigenvalue weighted by Crippen LogP contribution is 2.43. The van der Waals surface area contributed by atoms with Crippen LogP contribution in [0.2, 0.25) is 0 Å². The van der Waals surface area contributed by atoms with E-state index in [9.17, 15) is 4.79 Å². The molecule has 1 fully saturated rings. The number of aldehydes is 1. The van der Waals surface area contributed by atoms with E-state index >= 15 is 0 Å². The first-order chi connectivity index (χ1) is 13.9. The normalized spacial score (nSPS) is 19.4. The SMILES string of the molecule is C=C(/C=C(\NC)N(C)C1CC1C(C=O)Cc1ccc(C)nc1)c1cnncc1C. The summed E-state index contributed by atoms with van der Waals surface area (Å²) in [7, 11) is 3.97. The fourth-order valence-electron chi connectivity index (χ4n) is 3.79. The molecule has 2 aromatic rings. The van der Waals surface area contributed by atoms with Gasteiger partial charge in [0, 0.05) is 43.5 Å². The maximum Gasteiger partial charge on any atom is 0.123 e. The summed E-state index contributed by atoms with van der Waals surface area (Å²) in [6.07, 6.45) is 10.2. The van der Waals surface area contributed by atoms with Crippen LogP contribution in [0.5, 0.6) is 0 Å². The summed E-state index contributed by atoms with van der Waals surface area (Å²) >= 11 is 0. The second-order valence-electron chi connectivity index (χ2n) is 7.78. The van der Waals surface area contributed by atoms with Gasteiger partial charge in [-0.15, -0.1) is 0 Å². The molecule has 6 heteroatoms. The van der Waals surface area contributed by atoms with Gasteiger partial charge in [-0.3, -0.25) is 4.98 Å². The van der Waals surface area contributed by atoms with E-state index in [-0.39, 0.29) is 5.92 Å². The monoisotopic (exact) mass is 391 g/mol. The zero-order valence-corrected chi connectivity index (χ0v) is 17.6. The van der Waals surface area contributed by atoms with Crippen LogP contribution in [0.1, 0.15) is 28.8 Å². The summed E-state index contributed by atoms with van der Waals surface area (Å²) in [5, 5.41) is 11.1. The Hall–Kier alpha value is -3.02. The van der Waals surface area contributed by atoms with Crippen LogP contribution < -0.4 is 5.32 Å². The highest BCUT2D eigenvalue weighted by Gasteiger charge is 2.45. The zero-order valence-electron chi connectivity index (χ0n) is 17.6. The lowest BCUT2D eigenvalue weighted by atomic mass is 9.96. The van der Waals surface area contributed by atoms with Gasteiger partial charge in [-0.1, -0.05) is 12.6 Å². The third-order valence-electron chi connectivity index (χ3n) is 5.69. The molecule has 3 unspecified atom stereocenters. The molecule has 1 aliphatic carbocycles. The maximum atomic E-state index is 11.8. The first kappa shape index (κ1) is 20.7. The number of nitrogens with zero attached hydrogens (tertiary/aromatic N) is 4. The van der Waals surface area contributed by atoms with Gasteiger partial charge in [0.25, 0.3) is 0 Å². The Labute approximate surface area is 172 Å². The topological polar surface area (TPSA) is 71.0 Å². The molecule has 1 saturated carbocycles. The molecule has 0 amide bonds. The first-order valence-corrected chi connectivity index (χ1v) is 9.90. The molecule has 0 spiro atoms.